The molecule has 21 heavy (non-hydrogen) atoms. The molecular formula is C14H17N5S2. The van der Waals surface area contributed by atoms with Crippen LogP contribution >= 0.6 is 23.1 Å². The summed E-state index contributed by atoms with van der Waals surface area (Å²) in [6.07, 6.45) is 5.56. The summed E-state index contributed by atoms with van der Waals surface area (Å²) in [6, 6.07) is 1.82. The van der Waals surface area contributed by atoms with Crippen molar-refractivity contribution < 1.29 is 0 Å². The van der Waals surface area contributed by atoms with Crippen LogP contribution in [0.3, 0.4) is 0 Å². The molecule has 3 heterocycles. The van der Waals surface area contributed by atoms with Crippen LogP contribution in [-0.2, 0) is 6.54 Å². The number of imidazole rings is 1. The van der Waals surface area contributed by atoms with E-state index >= 15 is 0 Å². The van der Waals surface area contributed by atoms with Crippen molar-refractivity contribution in [3.8, 4) is 0 Å². The molecule has 0 aromatic carbocycles. The molecule has 0 aliphatic carbocycles. The summed E-state index contributed by atoms with van der Waals surface area (Å²) in [5, 5.41) is 7.26. The van der Waals surface area contributed by atoms with E-state index in [-0.39, 0.29) is 5.54 Å². The fourth-order valence-corrected chi connectivity index (χ4v) is 3.44. The van der Waals surface area contributed by atoms with Crippen LogP contribution in [0.25, 0.3) is 4.96 Å². The third kappa shape index (κ3) is 3.42. The Hall–Kier alpha value is -1.44. The number of rotatable bonds is 4. The van der Waals surface area contributed by atoms with Crippen molar-refractivity contribution in [2.24, 2.45) is 0 Å². The molecule has 0 saturated heterocycles. The summed E-state index contributed by atoms with van der Waals surface area (Å²) >= 11 is 3.14. The quantitative estimate of drug-likeness (QED) is 0.748. The topological polar surface area (TPSA) is 55.1 Å². The SMILES string of the molecule is CC(C)(C)NCc1c(Sc2ncccn2)nc2sccn12. The molecule has 7 heteroatoms. The maximum absolute atomic E-state index is 4.69. The van der Waals surface area contributed by atoms with Crippen molar-refractivity contribution in [1.82, 2.24) is 24.7 Å². The number of fused-ring (bicyclic) bond motifs is 1. The van der Waals surface area contributed by atoms with Gasteiger partial charge in [0.2, 0.25) is 0 Å². The summed E-state index contributed by atoms with van der Waals surface area (Å²) in [4.78, 5) is 14.2. The van der Waals surface area contributed by atoms with Crippen molar-refractivity contribution in [2.75, 3.05) is 0 Å². The molecule has 0 radical (unpaired) electrons. The second kappa shape index (κ2) is 5.75. The molecule has 0 spiro atoms. The first-order valence-corrected chi connectivity index (χ1v) is 8.37. The molecule has 0 aliphatic heterocycles. The lowest BCUT2D eigenvalue weighted by molar-refractivity contribution is 0.418. The minimum atomic E-state index is 0.0609. The molecule has 5 nitrogen and oxygen atoms in total. The van der Waals surface area contributed by atoms with Crippen LogP contribution in [0.2, 0.25) is 0 Å². The van der Waals surface area contributed by atoms with Crippen LogP contribution in [0, 0.1) is 0 Å². The second-order valence-electron chi connectivity index (χ2n) is 5.66. The lowest BCUT2D eigenvalue weighted by atomic mass is 10.1. The van der Waals surface area contributed by atoms with Crippen molar-refractivity contribution in [1.29, 1.82) is 0 Å². The zero-order valence-corrected chi connectivity index (χ0v) is 13.8. The van der Waals surface area contributed by atoms with Crippen LogP contribution in [0.1, 0.15) is 26.5 Å². The molecule has 0 saturated carbocycles. The van der Waals surface area contributed by atoms with E-state index in [0.29, 0.717) is 0 Å². The van der Waals surface area contributed by atoms with E-state index < -0.39 is 0 Å². The van der Waals surface area contributed by atoms with E-state index in [9.17, 15) is 0 Å². The maximum atomic E-state index is 4.69. The molecule has 0 atom stereocenters. The third-order valence-electron chi connectivity index (χ3n) is 2.84. The highest BCUT2D eigenvalue weighted by Gasteiger charge is 2.17. The predicted molar refractivity (Wildman–Crippen MR) is 85.8 cm³/mol. The highest BCUT2D eigenvalue weighted by atomic mass is 32.2. The highest BCUT2D eigenvalue weighted by molar-refractivity contribution is 7.99. The van der Waals surface area contributed by atoms with Gasteiger partial charge in [-0.25, -0.2) is 15.0 Å². The number of nitrogens with zero attached hydrogens (tertiary/aromatic N) is 4. The summed E-state index contributed by atoms with van der Waals surface area (Å²) in [5.41, 5.74) is 1.21. The fraction of sp³-hybridized carbons (Fsp3) is 0.357. The average Bonchev–Trinajstić information content (AvgIpc) is 2.98. The third-order valence-corrected chi connectivity index (χ3v) is 4.51. The van der Waals surface area contributed by atoms with Crippen molar-refractivity contribution >= 4 is 28.1 Å². The van der Waals surface area contributed by atoms with Gasteiger partial charge in [0.05, 0.1) is 5.69 Å². The van der Waals surface area contributed by atoms with Gasteiger partial charge in [-0.3, -0.25) is 4.40 Å². The highest BCUT2D eigenvalue weighted by Crippen LogP contribution is 2.29. The number of hydrogen-bond acceptors (Lipinski definition) is 6. The molecule has 3 aromatic heterocycles. The summed E-state index contributed by atoms with van der Waals surface area (Å²) in [7, 11) is 0. The first-order chi connectivity index (χ1) is 10.0. The Bertz CT molecular complexity index is 727. The van der Waals surface area contributed by atoms with E-state index in [0.717, 1.165) is 27.4 Å². The normalized spacial score (nSPS) is 12.1. The summed E-state index contributed by atoms with van der Waals surface area (Å²) < 4.78 is 2.13. The van der Waals surface area contributed by atoms with Gasteiger partial charge in [0.25, 0.3) is 0 Å². The zero-order chi connectivity index (χ0) is 14.9. The van der Waals surface area contributed by atoms with E-state index in [4.69, 9.17) is 4.98 Å². The first kappa shape index (κ1) is 14.5. The van der Waals surface area contributed by atoms with Gasteiger partial charge in [-0.2, -0.15) is 0 Å². The number of hydrogen-bond donors (Lipinski definition) is 1. The van der Waals surface area contributed by atoms with Gasteiger partial charge in [-0.1, -0.05) is 0 Å². The Labute approximate surface area is 131 Å². The summed E-state index contributed by atoms with van der Waals surface area (Å²) in [5.74, 6) is 0. The van der Waals surface area contributed by atoms with Gasteiger partial charge in [0.15, 0.2) is 10.1 Å². The van der Waals surface area contributed by atoms with Crippen molar-refractivity contribution in [3.63, 3.8) is 0 Å². The Balaban J connectivity index is 1.92. The standard InChI is InChI=1S/C14H17N5S2/c1-14(2,3)17-9-10-11(18-13-19(10)7-8-20-13)21-12-15-5-4-6-16-12/h4-8,17H,9H2,1-3H3. The number of nitrogens with one attached hydrogen (secondary N) is 1. The molecule has 0 fully saturated rings. The maximum Gasteiger partial charge on any atom is 0.194 e. The molecule has 1 N–H and O–H groups in total. The summed E-state index contributed by atoms with van der Waals surface area (Å²) in [6.45, 7) is 7.24. The molecule has 0 bridgehead atoms. The fourth-order valence-electron chi connectivity index (χ4n) is 1.83. The Morgan fingerprint density at radius 3 is 2.76 bits per heavy atom. The zero-order valence-electron chi connectivity index (χ0n) is 12.2. The van der Waals surface area contributed by atoms with Gasteiger partial charge in [-0.15, -0.1) is 11.3 Å². The lowest BCUT2D eigenvalue weighted by Crippen LogP contribution is -2.35. The Kier molecular flexibility index (Phi) is 3.97. The van der Waals surface area contributed by atoms with Crippen LogP contribution < -0.4 is 5.32 Å². The molecule has 3 aromatic rings. The van der Waals surface area contributed by atoms with Gasteiger partial charge < -0.3 is 5.32 Å². The Morgan fingerprint density at radius 2 is 2.05 bits per heavy atom. The first-order valence-electron chi connectivity index (χ1n) is 6.67. The van der Waals surface area contributed by atoms with Crippen LogP contribution in [-0.4, -0.2) is 24.9 Å². The van der Waals surface area contributed by atoms with Gasteiger partial charge in [0.1, 0.15) is 5.03 Å². The van der Waals surface area contributed by atoms with Crippen molar-refractivity contribution in [2.45, 2.75) is 43.0 Å². The molecular weight excluding hydrogens is 302 g/mol. The van der Waals surface area contributed by atoms with Gasteiger partial charge in [0, 0.05) is 36.1 Å². The monoisotopic (exact) mass is 319 g/mol. The predicted octanol–water partition coefficient (Wildman–Crippen LogP) is 3.23. The van der Waals surface area contributed by atoms with E-state index in [2.05, 4.69) is 52.0 Å². The second-order valence-corrected chi connectivity index (χ2v) is 7.49. The van der Waals surface area contributed by atoms with Crippen LogP contribution in [0.15, 0.2) is 40.2 Å². The number of aromatic nitrogens is 4. The minimum absolute atomic E-state index is 0.0609. The molecule has 0 amide bonds. The lowest BCUT2D eigenvalue weighted by Gasteiger charge is -2.20. The largest absolute Gasteiger partial charge is 0.306 e. The van der Waals surface area contributed by atoms with Crippen LogP contribution in [0.5, 0.6) is 0 Å². The molecule has 3 rings (SSSR count). The average molecular weight is 319 g/mol. The van der Waals surface area contributed by atoms with Gasteiger partial charge >= 0.3 is 0 Å². The molecule has 110 valence electrons. The Morgan fingerprint density at radius 1 is 1.29 bits per heavy atom. The molecule has 0 unspecified atom stereocenters. The number of thiazole rings is 1. The van der Waals surface area contributed by atoms with E-state index in [1.54, 1.807) is 23.7 Å². The van der Waals surface area contributed by atoms with E-state index in [1.165, 1.54) is 11.8 Å². The van der Waals surface area contributed by atoms with Gasteiger partial charge in [-0.05, 0) is 38.6 Å². The van der Waals surface area contributed by atoms with Crippen LogP contribution in [0.4, 0.5) is 0 Å². The molecule has 0 aliphatic rings. The van der Waals surface area contributed by atoms with Crippen molar-refractivity contribution in [3.05, 3.63) is 35.7 Å². The van der Waals surface area contributed by atoms with E-state index in [1.807, 2.05) is 6.07 Å². The minimum Gasteiger partial charge on any atom is -0.306 e. The smallest absolute Gasteiger partial charge is 0.194 e.